The molecule has 2 heterocycles. The number of hydrogen-bond donors (Lipinski definition) is 2. The molecule has 0 aliphatic rings. The largest absolute Gasteiger partial charge is 0.315 e. The first-order valence-corrected chi connectivity index (χ1v) is 8.52. The molecule has 0 saturated carbocycles. The highest BCUT2D eigenvalue weighted by atomic mass is 79.9. The van der Waals surface area contributed by atoms with Gasteiger partial charge in [-0.3, -0.25) is 14.5 Å². The van der Waals surface area contributed by atoms with Crippen LogP contribution in [0.5, 0.6) is 0 Å². The highest BCUT2D eigenvalue weighted by Crippen LogP contribution is 2.21. The third kappa shape index (κ3) is 5.42. The topological polar surface area (TPSA) is 98.1 Å². The predicted molar refractivity (Wildman–Crippen MR) is 95.7 cm³/mol. The van der Waals surface area contributed by atoms with E-state index in [9.17, 15) is 9.59 Å². The molecule has 0 bridgehead atoms. The Kier molecular flexibility index (Phi) is 6.43. The van der Waals surface area contributed by atoms with Gasteiger partial charge in [-0.25, -0.2) is 4.98 Å². The Labute approximate surface area is 151 Å². The lowest BCUT2D eigenvalue weighted by Crippen LogP contribution is -2.36. The van der Waals surface area contributed by atoms with Crippen molar-refractivity contribution in [3.63, 3.8) is 0 Å². The van der Waals surface area contributed by atoms with Crippen LogP contribution in [0.25, 0.3) is 0 Å². The highest BCUT2D eigenvalue weighted by Gasteiger charge is 2.13. The summed E-state index contributed by atoms with van der Waals surface area (Å²) in [5.41, 5.74) is 0.426. The van der Waals surface area contributed by atoms with E-state index < -0.39 is 0 Å². The van der Waals surface area contributed by atoms with Gasteiger partial charge in [0.1, 0.15) is 16.9 Å². The number of pyridine rings is 1. The first-order chi connectivity index (χ1) is 11.5. The number of anilines is 2. The van der Waals surface area contributed by atoms with Crippen LogP contribution in [0.1, 0.15) is 5.56 Å². The third-order valence-corrected chi connectivity index (χ3v) is 4.16. The quantitative estimate of drug-likeness (QED) is 0.765. The molecule has 0 spiro atoms. The van der Waals surface area contributed by atoms with E-state index in [2.05, 4.69) is 31.5 Å². The zero-order valence-corrected chi connectivity index (χ0v) is 15.1. The summed E-state index contributed by atoms with van der Waals surface area (Å²) < 4.78 is 0.819. The van der Waals surface area contributed by atoms with Gasteiger partial charge in [-0.15, -0.1) is 11.3 Å². The van der Waals surface area contributed by atoms with Gasteiger partial charge in [0.25, 0.3) is 0 Å². The number of thiophene rings is 1. The normalized spacial score (nSPS) is 10.2. The lowest BCUT2D eigenvalue weighted by molar-refractivity contribution is -0.119. The van der Waals surface area contributed by atoms with Gasteiger partial charge in [0.05, 0.1) is 18.7 Å². The third-order valence-electron chi connectivity index (χ3n) is 2.86. The zero-order valence-electron chi connectivity index (χ0n) is 12.7. The molecule has 24 heavy (non-hydrogen) atoms. The summed E-state index contributed by atoms with van der Waals surface area (Å²) in [7, 11) is 1.66. The Bertz CT molecular complexity index is 769. The Hall–Kier alpha value is -2.28. The number of carbonyl (C=O) groups excluding carboxylic acids is 2. The maximum atomic E-state index is 12.0. The van der Waals surface area contributed by atoms with Crippen LogP contribution in [-0.2, 0) is 9.59 Å². The molecule has 0 atom stereocenters. The molecule has 0 aliphatic heterocycles. The Morgan fingerprint density at radius 3 is 2.62 bits per heavy atom. The first-order valence-electron chi connectivity index (χ1n) is 6.85. The number of nitriles is 1. The molecule has 2 aromatic rings. The van der Waals surface area contributed by atoms with E-state index in [0.29, 0.717) is 16.4 Å². The van der Waals surface area contributed by atoms with Gasteiger partial charge in [-0.2, -0.15) is 5.26 Å². The lowest BCUT2D eigenvalue weighted by Gasteiger charge is -2.15. The van der Waals surface area contributed by atoms with Crippen LogP contribution < -0.4 is 10.6 Å². The van der Waals surface area contributed by atoms with Crippen LogP contribution in [0.4, 0.5) is 10.8 Å². The second kappa shape index (κ2) is 8.54. The Morgan fingerprint density at radius 2 is 2.00 bits per heavy atom. The van der Waals surface area contributed by atoms with Crippen molar-refractivity contribution in [3.8, 4) is 6.07 Å². The van der Waals surface area contributed by atoms with Crippen LogP contribution in [0.3, 0.4) is 0 Å². The number of nitrogens with zero attached hydrogens (tertiary/aromatic N) is 3. The second-order valence-corrected chi connectivity index (χ2v) is 6.74. The minimum atomic E-state index is -0.286. The molecular formula is C15H14BrN5O2S. The van der Waals surface area contributed by atoms with Gasteiger partial charge < -0.3 is 10.6 Å². The molecule has 7 nitrogen and oxygen atoms in total. The smallest absolute Gasteiger partial charge is 0.239 e. The van der Waals surface area contributed by atoms with Crippen molar-refractivity contribution in [1.29, 1.82) is 5.26 Å². The fourth-order valence-corrected chi connectivity index (χ4v) is 2.83. The lowest BCUT2D eigenvalue weighted by atomic mass is 10.3. The molecular weight excluding hydrogens is 394 g/mol. The fourth-order valence-electron chi connectivity index (χ4n) is 1.84. The predicted octanol–water partition coefficient (Wildman–Crippen LogP) is 2.29. The fraction of sp³-hybridized carbons (Fsp3) is 0.200. The molecule has 0 saturated heterocycles. The van der Waals surface area contributed by atoms with E-state index in [1.54, 1.807) is 41.7 Å². The van der Waals surface area contributed by atoms with Crippen LogP contribution in [0, 0.1) is 11.3 Å². The zero-order chi connectivity index (χ0) is 17.5. The number of amides is 2. The summed E-state index contributed by atoms with van der Waals surface area (Å²) >= 11 is 4.55. The summed E-state index contributed by atoms with van der Waals surface area (Å²) in [6.07, 6.45) is 1.58. The van der Waals surface area contributed by atoms with E-state index in [1.165, 1.54) is 11.3 Å². The average Bonchev–Trinajstić information content (AvgIpc) is 2.96. The van der Waals surface area contributed by atoms with Crippen molar-refractivity contribution in [2.75, 3.05) is 30.8 Å². The number of aromatic nitrogens is 1. The molecule has 124 valence electrons. The van der Waals surface area contributed by atoms with Gasteiger partial charge in [0.15, 0.2) is 0 Å². The van der Waals surface area contributed by atoms with Gasteiger partial charge in [-0.05, 0) is 46.6 Å². The minimum Gasteiger partial charge on any atom is -0.315 e. The summed E-state index contributed by atoms with van der Waals surface area (Å²) in [5, 5.41) is 16.5. The summed E-state index contributed by atoms with van der Waals surface area (Å²) in [5.74, 6) is -0.113. The number of hydrogen-bond acceptors (Lipinski definition) is 6. The highest BCUT2D eigenvalue weighted by molar-refractivity contribution is 9.10. The molecule has 0 aliphatic carbocycles. The van der Waals surface area contributed by atoms with Gasteiger partial charge in [0.2, 0.25) is 11.8 Å². The number of likely N-dealkylation sites (N-methyl/N-ethyl adjacent to an activating group) is 1. The SMILES string of the molecule is CN(CC(=O)Nc1ccc(Br)cn1)CC(=O)Nc1sccc1C#N. The van der Waals surface area contributed by atoms with Gasteiger partial charge in [-0.1, -0.05) is 0 Å². The van der Waals surface area contributed by atoms with Crippen molar-refractivity contribution in [2.45, 2.75) is 0 Å². The second-order valence-electron chi connectivity index (χ2n) is 4.91. The average molecular weight is 408 g/mol. The van der Waals surface area contributed by atoms with Crippen LogP contribution in [-0.4, -0.2) is 41.8 Å². The summed E-state index contributed by atoms with van der Waals surface area (Å²) in [6, 6.07) is 7.09. The van der Waals surface area contributed by atoms with Crippen molar-refractivity contribution < 1.29 is 9.59 Å². The number of rotatable bonds is 6. The Morgan fingerprint density at radius 1 is 1.29 bits per heavy atom. The molecule has 0 aromatic carbocycles. The van der Waals surface area contributed by atoms with Crippen molar-refractivity contribution in [2.24, 2.45) is 0 Å². The van der Waals surface area contributed by atoms with Crippen molar-refractivity contribution in [3.05, 3.63) is 39.8 Å². The van der Waals surface area contributed by atoms with E-state index in [0.717, 1.165) is 4.47 Å². The van der Waals surface area contributed by atoms with E-state index in [4.69, 9.17) is 5.26 Å². The maximum Gasteiger partial charge on any atom is 0.239 e. The molecule has 0 fully saturated rings. The van der Waals surface area contributed by atoms with Crippen molar-refractivity contribution >= 4 is 49.9 Å². The van der Waals surface area contributed by atoms with Crippen molar-refractivity contribution in [1.82, 2.24) is 9.88 Å². The van der Waals surface area contributed by atoms with Crippen LogP contribution in [0.2, 0.25) is 0 Å². The molecule has 9 heteroatoms. The summed E-state index contributed by atoms with van der Waals surface area (Å²) in [6.45, 7) is 0.0741. The minimum absolute atomic E-state index is 0.0317. The molecule has 0 unspecified atom stereocenters. The molecule has 2 amide bonds. The van der Waals surface area contributed by atoms with Crippen LogP contribution >= 0.6 is 27.3 Å². The molecule has 2 rings (SSSR count). The monoisotopic (exact) mass is 407 g/mol. The number of nitrogens with one attached hydrogen (secondary N) is 2. The summed E-state index contributed by atoms with van der Waals surface area (Å²) in [4.78, 5) is 29.5. The number of halogens is 1. The first kappa shape index (κ1) is 18.1. The van der Waals surface area contributed by atoms with E-state index in [1.807, 2.05) is 6.07 Å². The maximum absolute atomic E-state index is 12.0. The standard InChI is InChI=1S/C15H14BrN5O2S/c1-21(8-13(22)19-12-3-2-11(16)7-18-12)9-14(23)20-15-10(6-17)4-5-24-15/h2-5,7H,8-9H2,1H3,(H,20,23)(H,18,19,22). The van der Waals surface area contributed by atoms with Crippen LogP contribution in [0.15, 0.2) is 34.2 Å². The van der Waals surface area contributed by atoms with Gasteiger partial charge >= 0.3 is 0 Å². The molecule has 0 radical (unpaired) electrons. The van der Waals surface area contributed by atoms with Gasteiger partial charge in [0, 0.05) is 10.7 Å². The van der Waals surface area contributed by atoms with E-state index >= 15 is 0 Å². The molecule has 2 N–H and O–H groups in total. The molecule has 2 aromatic heterocycles. The van der Waals surface area contributed by atoms with E-state index in [-0.39, 0.29) is 24.9 Å². The number of carbonyl (C=O) groups is 2. The Balaban J connectivity index is 1.80.